The average molecular weight is 264 g/mol. The van der Waals surface area contributed by atoms with Crippen LogP contribution in [0, 0.1) is 0 Å². The number of carbonyl (C=O) groups is 1. The van der Waals surface area contributed by atoms with E-state index in [1.165, 1.54) is 18.9 Å². The SMILES string of the molecule is CN1CCCCC1CNc1nc(C(=O)O)ccc1N. The number of nitrogen functional groups attached to an aromatic ring is 1. The van der Waals surface area contributed by atoms with Crippen LogP contribution in [0.2, 0.25) is 0 Å². The second-order valence-corrected chi connectivity index (χ2v) is 4.95. The molecule has 0 radical (unpaired) electrons. The maximum absolute atomic E-state index is 10.9. The van der Waals surface area contributed by atoms with Crippen molar-refractivity contribution in [3.05, 3.63) is 17.8 Å². The Morgan fingerprint density at radius 1 is 1.58 bits per heavy atom. The van der Waals surface area contributed by atoms with Gasteiger partial charge in [0.15, 0.2) is 5.69 Å². The summed E-state index contributed by atoms with van der Waals surface area (Å²) in [6, 6.07) is 3.43. The van der Waals surface area contributed by atoms with Gasteiger partial charge in [0, 0.05) is 12.6 Å². The van der Waals surface area contributed by atoms with Gasteiger partial charge >= 0.3 is 5.97 Å². The van der Waals surface area contributed by atoms with E-state index in [2.05, 4.69) is 22.2 Å². The number of hydrogen-bond donors (Lipinski definition) is 3. The first-order valence-electron chi connectivity index (χ1n) is 6.52. The van der Waals surface area contributed by atoms with Gasteiger partial charge in [0.1, 0.15) is 5.82 Å². The van der Waals surface area contributed by atoms with Gasteiger partial charge in [-0.05, 0) is 38.6 Å². The number of carboxylic acid groups (broad SMARTS) is 1. The molecule has 19 heavy (non-hydrogen) atoms. The van der Waals surface area contributed by atoms with Gasteiger partial charge in [-0.2, -0.15) is 0 Å². The Hall–Kier alpha value is -1.82. The van der Waals surface area contributed by atoms with E-state index in [0.717, 1.165) is 19.5 Å². The molecule has 0 amide bonds. The number of nitrogens with zero attached hydrogens (tertiary/aromatic N) is 2. The molecule has 6 heteroatoms. The topological polar surface area (TPSA) is 91.5 Å². The number of carboxylic acids is 1. The lowest BCUT2D eigenvalue weighted by molar-refractivity contribution is 0.0690. The molecular weight excluding hydrogens is 244 g/mol. The first kappa shape index (κ1) is 13.6. The van der Waals surface area contributed by atoms with Crippen LogP contribution in [-0.4, -0.2) is 47.1 Å². The molecule has 0 bridgehead atoms. The molecule has 1 aromatic heterocycles. The van der Waals surface area contributed by atoms with E-state index >= 15 is 0 Å². The Bertz CT molecular complexity index is 464. The summed E-state index contributed by atoms with van der Waals surface area (Å²) in [5.41, 5.74) is 6.29. The lowest BCUT2D eigenvalue weighted by atomic mass is 10.0. The van der Waals surface area contributed by atoms with Crippen molar-refractivity contribution in [2.45, 2.75) is 25.3 Å². The third kappa shape index (κ3) is 3.35. The van der Waals surface area contributed by atoms with E-state index < -0.39 is 5.97 Å². The zero-order valence-corrected chi connectivity index (χ0v) is 11.1. The molecular formula is C13H20N4O2. The minimum Gasteiger partial charge on any atom is -0.477 e. The Morgan fingerprint density at radius 2 is 2.37 bits per heavy atom. The summed E-state index contributed by atoms with van der Waals surface area (Å²) in [6.07, 6.45) is 3.61. The average Bonchev–Trinajstić information content (AvgIpc) is 2.39. The van der Waals surface area contributed by atoms with Crippen LogP contribution in [-0.2, 0) is 0 Å². The van der Waals surface area contributed by atoms with Crippen molar-refractivity contribution in [2.75, 3.05) is 31.2 Å². The van der Waals surface area contributed by atoms with Crippen LogP contribution in [0.3, 0.4) is 0 Å². The predicted octanol–water partition coefficient (Wildman–Crippen LogP) is 1.26. The maximum atomic E-state index is 10.9. The van der Waals surface area contributed by atoms with Crippen molar-refractivity contribution in [1.82, 2.24) is 9.88 Å². The van der Waals surface area contributed by atoms with Crippen LogP contribution in [0.1, 0.15) is 29.8 Å². The summed E-state index contributed by atoms with van der Waals surface area (Å²) in [5.74, 6) is -0.586. The summed E-state index contributed by atoms with van der Waals surface area (Å²) < 4.78 is 0. The molecule has 0 spiro atoms. The maximum Gasteiger partial charge on any atom is 0.354 e. The molecule has 2 heterocycles. The van der Waals surface area contributed by atoms with Crippen LogP contribution in [0.25, 0.3) is 0 Å². The fourth-order valence-electron chi connectivity index (χ4n) is 2.35. The minimum absolute atomic E-state index is 0.00805. The first-order valence-corrected chi connectivity index (χ1v) is 6.52. The summed E-state index contributed by atoms with van der Waals surface area (Å²) in [7, 11) is 2.11. The molecule has 1 saturated heterocycles. The zero-order valence-electron chi connectivity index (χ0n) is 11.1. The lowest BCUT2D eigenvalue weighted by Crippen LogP contribution is -2.41. The van der Waals surface area contributed by atoms with E-state index in [1.807, 2.05) is 0 Å². The molecule has 0 saturated carbocycles. The fraction of sp³-hybridized carbons (Fsp3) is 0.538. The van der Waals surface area contributed by atoms with Crippen LogP contribution < -0.4 is 11.1 Å². The zero-order chi connectivity index (χ0) is 13.8. The second-order valence-electron chi connectivity index (χ2n) is 4.95. The summed E-state index contributed by atoms with van der Waals surface area (Å²) in [6.45, 7) is 1.83. The number of rotatable bonds is 4. The van der Waals surface area contributed by atoms with Gasteiger partial charge in [-0.15, -0.1) is 0 Å². The van der Waals surface area contributed by atoms with E-state index in [-0.39, 0.29) is 5.69 Å². The highest BCUT2D eigenvalue weighted by Crippen LogP contribution is 2.19. The summed E-state index contributed by atoms with van der Waals surface area (Å²) in [4.78, 5) is 17.2. The standard InChI is InChI=1S/C13H20N4O2/c1-17-7-3-2-4-9(17)8-15-12-10(14)5-6-11(16-12)13(18)19/h5-6,9H,2-4,7-8,14H2,1H3,(H,15,16)(H,18,19). The smallest absolute Gasteiger partial charge is 0.354 e. The third-order valence-corrected chi connectivity index (χ3v) is 3.57. The van der Waals surface area contributed by atoms with Crippen molar-refractivity contribution >= 4 is 17.5 Å². The molecule has 6 nitrogen and oxygen atoms in total. The number of likely N-dealkylation sites (N-methyl/N-ethyl adjacent to an activating group) is 1. The van der Waals surface area contributed by atoms with Crippen molar-refractivity contribution in [3.8, 4) is 0 Å². The minimum atomic E-state index is -1.04. The predicted molar refractivity (Wildman–Crippen MR) is 74.4 cm³/mol. The normalized spacial score (nSPS) is 20.2. The highest BCUT2D eigenvalue weighted by atomic mass is 16.4. The van der Waals surface area contributed by atoms with E-state index in [1.54, 1.807) is 6.07 Å². The quantitative estimate of drug-likeness (QED) is 0.758. The van der Waals surface area contributed by atoms with Crippen molar-refractivity contribution in [1.29, 1.82) is 0 Å². The van der Waals surface area contributed by atoms with Crippen LogP contribution in [0.4, 0.5) is 11.5 Å². The highest BCUT2D eigenvalue weighted by Gasteiger charge is 2.19. The Kier molecular flexibility index (Phi) is 4.21. The Balaban J connectivity index is 2.02. The van der Waals surface area contributed by atoms with Gasteiger partial charge in [0.2, 0.25) is 0 Å². The molecule has 1 atom stereocenters. The van der Waals surface area contributed by atoms with Crippen molar-refractivity contribution in [3.63, 3.8) is 0 Å². The van der Waals surface area contributed by atoms with Gasteiger partial charge in [-0.25, -0.2) is 9.78 Å². The molecule has 0 aromatic carbocycles. The molecule has 4 N–H and O–H groups in total. The van der Waals surface area contributed by atoms with Crippen molar-refractivity contribution in [2.24, 2.45) is 0 Å². The number of piperidine rings is 1. The molecule has 1 fully saturated rings. The fourth-order valence-corrected chi connectivity index (χ4v) is 2.35. The molecule has 1 aliphatic rings. The van der Waals surface area contributed by atoms with E-state index in [0.29, 0.717) is 17.5 Å². The molecule has 1 aliphatic heterocycles. The number of anilines is 2. The van der Waals surface area contributed by atoms with E-state index in [4.69, 9.17) is 10.8 Å². The summed E-state index contributed by atoms with van der Waals surface area (Å²) >= 11 is 0. The van der Waals surface area contributed by atoms with Gasteiger partial charge in [0.25, 0.3) is 0 Å². The monoisotopic (exact) mass is 264 g/mol. The number of aromatic carboxylic acids is 1. The molecule has 1 aromatic rings. The number of hydrogen-bond acceptors (Lipinski definition) is 5. The van der Waals surface area contributed by atoms with Gasteiger partial charge in [0.05, 0.1) is 5.69 Å². The van der Waals surface area contributed by atoms with Gasteiger partial charge < -0.3 is 21.1 Å². The van der Waals surface area contributed by atoms with Crippen molar-refractivity contribution < 1.29 is 9.90 Å². The largest absolute Gasteiger partial charge is 0.477 e. The molecule has 104 valence electrons. The van der Waals surface area contributed by atoms with Crippen LogP contribution >= 0.6 is 0 Å². The van der Waals surface area contributed by atoms with Crippen LogP contribution in [0.15, 0.2) is 12.1 Å². The molecule has 0 aliphatic carbocycles. The van der Waals surface area contributed by atoms with Gasteiger partial charge in [-0.1, -0.05) is 6.42 Å². The Labute approximate surface area is 112 Å². The molecule has 1 unspecified atom stereocenters. The van der Waals surface area contributed by atoms with E-state index in [9.17, 15) is 4.79 Å². The number of pyridine rings is 1. The number of nitrogens with one attached hydrogen (secondary N) is 1. The summed E-state index contributed by atoms with van der Waals surface area (Å²) in [5, 5.41) is 12.1. The number of likely N-dealkylation sites (tertiary alicyclic amines) is 1. The Morgan fingerprint density at radius 3 is 3.05 bits per heavy atom. The lowest BCUT2D eigenvalue weighted by Gasteiger charge is -2.32. The number of aromatic nitrogens is 1. The first-order chi connectivity index (χ1) is 9.08. The third-order valence-electron chi connectivity index (χ3n) is 3.57. The second kappa shape index (κ2) is 5.88. The highest BCUT2D eigenvalue weighted by molar-refractivity contribution is 5.86. The van der Waals surface area contributed by atoms with Gasteiger partial charge in [-0.3, -0.25) is 0 Å². The van der Waals surface area contributed by atoms with Crippen LogP contribution in [0.5, 0.6) is 0 Å². The molecule has 2 rings (SSSR count). The number of nitrogens with two attached hydrogens (primary N) is 1.